The summed E-state index contributed by atoms with van der Waals surface area (Å²) >= 11 is 0. The summed E-state index contributed by atoms with van der Waals surface area (Å²) in [6.07, 6.45) is 1.98. The molecule has 0 aromatic carbocycles. The van der Waals surface area contributed by atoms with Gasteiger partial charge in [-0.25, -0.2) is 0 Å². The lowest BCUT2D eigenvalue weighted by Gasteiger charge is -1.94. The topological polar surface area (TPSA) is 36.0 Å². The van der Waals surface area contributed by atoms with Crippen molar-refractivity contribution in [3.05, 3.63) is 22.4 Å². The lowest BCUT2D eigenvalue weighted by atomic mass is 10.1. The molecule has 2 N–H and O–H groups in total. The van der Waals surface area contributed by atoms with Crippen molar-refractivity contribution in [1.29, 1.82) is 0 Å². The molecule has 0 fully saturated rings. The normalized spacial score (nSPS) is 10.0. The van der Waals surface area contributed by atoms with Gasteiger partial charge in [-0.2, -0.15) is 0 Å². The van der Waals surface area contributed by atoms with Gasteiger partial charge < -0.3 is 10.1 Å². The Morgan fingerprint density at radius 1 is 1.33 bits per heavy atom. The largest absolute Gasteiger partial charge is 0.494 e. The predicted molar refractivity (Wildman–Crippen MR) is 51.3 cm³/mol. The molecule has 0 aliphatic rings. The molecule has 1 rings (SSSR count). The number of H-pyrrole nitrogens is 1. The molecule has 12 heavy (non-hydrogen) atoms. The van der Waals surface area contributed by atoms with Gasteiger partial charge in [0.1, 0.15) is 0 Å². The average molecular weight is 165 g/mol. The fourth-order valence-corrected chi connectivity index (χ4v) is 1.18. The minimum Gasteiger partial charge on any atom is -0.494 e. The predicted octanol–water partition coefficient (Wildman–Crippen LogP) is 2.76. The highest BCUT2D eigenvalue weighted by Crippen LogP contribution is 2.25. The van der Waals surface area contributed by atoms with E-state index >= 15 is 0 Å². The Balaban J connectivity index is 3.23. The summed E-state index contributed by atoms with van der Waals surface area (Å²) in [5.41, 5.74) is 4.24. The van der Waals surface area contributed by atoms with Crippen molar-refractivity contribution in [2.45, 2.75) is 27.7 Å². The SMILES string of the molecule is CC(C)=Cc1c(O)[nH]c(C)c1C. The fraction of sp³-hybridized carbons (Fsp3) is 0.400. The van der Waals surface area contributed by atoms with Crippen LogP contribution in [0.4, 0.5) is 0 Å². The summed E-state index contributed by atoms with van der Waals surface area (Å²) in [7, 11) is 0. The molecule has 1 aromatic rings. The van der Waals surface area contributed by atoms with Crippen LogP contribution in [0.15, 0.2) is 5.57 Å². The van der Waals surface area contributed by atoms with E-state index in [1.54, 1.807) is 0 Å². The van der Waals surface area contributed by atoms with E-state index in [2.05, 4.69) is 4.98 Å². The van der Waals surface area contributed by atoms with Crippen LogP contribution in [0.3, 0.4) is 0 Å². The van der Waals surface area contributed by atoms with Gasteiger partial charge in [0, 0.05) is 11.3 Å². The summed E-state index contributed by atoms with van der Waals surface area (Å²) in [5, 5.41) is 9.46. The Kier molecular flexibility index (Phi) is 2.27. The summed E-state index contributed by atoms with van der Waals surface area (Å²) < 4.78 is 0. The number of allylic oxidation sites excluding steroid dienone is 1. The number of aryl methyl sites for hydroxylation is 1. The number of rotatable bonds is 1. The zero-order valence-corrected chi connectivity index (χ0v) is 8.02. The highest BCUT2D eigenvalue weighted by Gasteiger charge is 2.07. The molecule has 1 aromatic heterocycles. The van der Waals surface area contributed by atoms with Gasteiger partial charge in [-0.3, -0.25) is 0 Å². The molecular formula is C10H15NO. The van der Waals surface area contributed by atoms with E-state index in [-0.39, 0.29) is 5.88 Å². The molecule has 0 unspecified atom stereocenters. The Morgan fingerprint density at radius 2 is 1.92 bits per heavy atom. The zero-order chi connectivity index (χ0) is 9.30. The lowest BCUT2D eigenvalue weighted by Crippen LogP contribution is -1.76. The van der Waals surface area contributed by atoms with Crippen molar-refractivity contribution in [1.82, 2.24) is 4.98 Å². The second kappa shape index (κ2) is 3.05. The van der Waals surface area contributed by atoms with Crippen molar-refractivity contribution in [3.63, 3.8) is 0 Å². The van der Waals surface area contributed by atoms with E-state index in [0.29, 0.717) is 0 Å². The molecular weight excluding hydrogens is 150 g/mol. The number of hydrogen-bond donors (Lipinski definition) is 2. The van der Waals surface area contributed by atoms with Gasteiger partial charge in [0.2, 0.25) is 0 Å². The Bertz CT molecular complexity index is 317. The second-order valence-corrected chi connectivity index (χ2v) is 3.36. The quantitative estimate of drug-likeness (QED) is 0.659. The van der Waals surface area contributed by atoms with Crippen LogP contribution < -0.4 is 0 Å². The maximum atomic E-state index is 9.46. The molecule has 0 atom stereocenters. The average Bonchev–Trinajstić information content (AvgIpc) is 2.16. The van der Waals surface area contributed by atoms with Gasteiger partial charge in [-0.15, -0.1) is 0 Å². The first-order chi connectivity index (χ1) is 5.52. The smallest absolute Gasteiger partial charge is 0.196 e. The summed E-state index contributed by atoms with van der Waals surface area (Å²) in [6.45, 7) is 7.99. The van der Waals surface area contributed by atoms with Crippen molar-refractivity contribution < 1.29 is 5.11 Å². The lowest BCUT2D eigenvalue weighted by molar-refractivity contribution is 0.455. The van der Waals surface area contributed by atoms with Crippen LogP contribution in [-0.2, 0) is 0 Å². The van der Waals surface area contributed by atoms with E-state index in [0.717, 1.165) is 16.8 Å². The van der Waals surface area contributed by atoms with Crippen molar-refractivity contribution >= 4 is 6.08 Å². The van der Waals surface area contributed by atoms with Gasteiger partial charge in [0.15, 0.2) is 5.88 Å². The van der Waals surface area contributed by atoms with Gasteiger partial charge in [-0.05, 0) is 33.3 Å². The van der Waals surface area contributed by atoms with Crippen molar-refractivity contribution in [3.8, 4) is 5.88 Å². The first-order valence-electron chi connectivity index (χ1n) is 4.05. The van der Waals surface area contributed by atoms with Crippen LogP contribution in [0.25, 0.3) is 6.08 Å². The molecule has 1 heterocycles. The number of hydrogen-bond acceptors (Lipinski definition) is 1. The molecule has 0 saturated heterocycles. The van der Waals surface area contributed by atoms with Gasteiger partial charge in [0.25, 0.3) is 0 Å². The zero-order valence-electron chi connectivity index (χ0n) is 8.02. The monoisotopic (exact) mass is 165 g/mol. The molecule has 0 amide bonds. The third kappa shape index (κ3) is 1.52. The number of aromatic nitrogens is 1. The second-order valence-electron chi connectivity index (χ2n) is 3.36. The third-order valence-electron chi connectivity index (χ3n) is 1.96. The maximum absolute atomic E-state index is 9.46. The van der Waals surface area contributed by atoms with E-state index in [1.807, 2.05) is 33.8 Å². The van der Waals surface area contributed by atoms with Gasteiger partial charge in [-0.1, -0.05) is 11.6 Å². The molecule has 0 aliphatic heterocycles. The van der Waals surface area contributed by atoms with Crippen molar-refractivity contribution in [2.24, 2.45) is 0 Å². The van der Waals surface area contributed by atoms with E-state index in [9.17, 15) is 5.11 Å². The number of aromatic amines is 1. The summed E-state index contributed by atoms with van der Waals surface area (Å²) in [5.74, 6) is 0.270. The Labute approximate surface area is 72.9 Å². The molecule has 2 heteroatoms. The molecule has 0 spiro atoms. The van der Waals surface area contributed by atoms with Crippen LogP contribution in [0, 0.1) is 13.8 Å². The van der Waals surface area contributed by atoms with Crippen LogP contribution in [-0.4, -0.2) is 10.1 Å². The third-order valence-corrected chi connectivity index (χ3v) is 1.96. The molecule has 66 valence electrons. The van der Waals surface area contributed by atoms with Crippen LogP contribution in [0.2, 0.25) is 0 Å². The fourth-order valence-electron chi connectivity index (χ4n) is 1.18. The molecule has 2 nitrogen and oxygen atoms in total. The maximum Gasteiger partial charge on any atom is 0.196 e. The molecule has 0 aliphatic carbocycles. The minimum atomic E-state index is 0.270. The highest BCUT2D eigenvalue weighted by molar-refractivity contribution is 5.62. The first kappa shape index (κ1) is 8.91. The van der Waals surface area contributed by atoms with Gasteiger partial charge in [0.05, 0.1) is 0 Å². The standard InChI is InChI=1S/C10H15NO/c1-6(2)5-9-7(3)8(4)11-10(9)12/h5,11-12H,1-4H3. The van der Waals surface area contributed by atoms with Crippen molar-refractivity contribution in [2.75, 3.05) is 0 Å². The molecule has 0 saturated carbocycles. The molecule has 0 radical (unpaired) electrons. The summed E-state index contributed by atoms with van der Waals surface area (Å²) in [6, 6.07) is 0. The highest BCUT2D eigenvalue weighted by atomic mass is 16.3. The minimum absolute atomic E-state index is 0.270. The van der Waals surface area contributed by atoms with Crippen LogP contribution in [0.5, 0.6) is 5.88 Å². The van der Waals surface area contributed by atoms with Gasteiger partial charge >= 0.3 is 0 Å². The Hall–Kier alpha value is -1.18. The Morgan fingerprint density at radius 3 is 2.25 bits per heavy atom. The van der Waals surface area contributed by atoms with Crippen LogP contribution >= 0.6 is 0 Å². The number of aromatic hydroxyl groups is 1. The van der Waals surface area contributed by atoms with Crippen LogP contribution in [0.1, 0.15) is 30.7 Å². The molecule has 0 bridgehead atoms. The van der Waals surface area contributed by atoms with E-state index in [4.69, 9.17) is 0 Å². The number of nitrogens with one attached hydrogen (secondary N) is 1. The summed E-state index contributed by atoms with van der Waals surface area (Å²) in [4.78, 5) is 2.89. The first-order valence-corrected chi connectivity index (χ1v) is 4.05. The van der Waals surface area contributed by atoms with E-state index in [1.165, 1.54) is 5.57 Å². The van der Waals surface area contributed by atoms with E-state index < -0.39 is 0 Å².